The SMILES string of the molecule is COc1ccc(CN2CCc3[nH]c(=S)[nH]c(=O)c3C2)c(O)c1. The smallest absolute Gasteiger partial charge is 0.256 e. The quantitative estimate of drug-likeness (QED) is 0.750. The van der Waals surface area contributed by atoms with Gasteiger partial charge < -0.3 is 14.8 Å². The summed E-state index contributed by atoms with van der Waals surface area (Å²) in [6.45, 7) is 1.90. The third kappa shape index (κ3) is 2.90. The highest BCUT2D eigenvalue weighted by atomic mass is 32.1. The van der Waals surface area contributed by atoms with E-state index in [2.05, 4.69) is 14.9 Å². The number of benzene rings is 1. The van der Waals surface area contributed by atoms with Gasteiger partial charge >= 0.3 is 0 Å². The maximum atomic E-state index is 12.0. The first kappa shape index (κ1) is 14.8. The monoisotopic (exact) mass is 319 g/mol. The molecule has 3 rings (SSSR count). The van der Waals surface area contributed by atoms with E-state index in [1.165, 1.54) is 0 Å². The van der Waals surface area contributed by atoms with Gasteiger partial charge in [0.1, 0.15) is 11.5 Å². The maximum Gasteiger partial charge on any atom is 0.256 e. The first-order chi connectivity index (χ1) is 10.6. The minimum absolute atomic E-state index is 0.137. The fraction of sp³-hybridized carbons (Fsp3) is 0.333. The Morgan fingerprint density at radius 1 is 1.41 bits per heavy atom. The molecule has 0 bridgehead atoms. The highest BCUT2D eigenvalue weighted by Gasteiger charge is 2.20. The number of fused-ring (bicyclic) bond motifs is 1. The van der Waals surface area contributed by atoms with Crippen molar-refractivity contribution in [2.45, 2.75) is 19.5 Å². The first-order valence-corrected chi connectivity index (χ1v) is 7.40. The second-order valence-electron chi connectivity index (χ2n) is 5.32. The Bertz CT molecular complexity index is 812. The Labute approximate surface area is 132 Å². The molecule has 2 heterocycles. The lowest BCUT2D eigenvalue weighted by atomic mass is 10.1. The highest BCUT2D eigenvalue weighted by Crippen LogP contribution is 2.26. The summed E-state index contributed by atoms with van der Waals surface area (Å²) in [5.74, 6) is 0.820. The maximum absolute atomic E-state index is 12.0. The molecule has 0 radical (unpaired) electrons. The molecule has 0 unspecified atom stereocenters. The standard InChI is InChI=1S/C15H17N3O3S/c1-21-10-3-2-9(13(19)6-10)7-18-5-4-12-11(8-18)14(20)17-15(22)16-12/h2-3,6,19H,4-5,7-8H2,1H3,(H2,16,17,20,22). The molecule has 116 valence electrons. The van der Waals surface area contributed by atoms with Gasteiger partial charge in [0.15, 0.2) is 4.77 Å². The molecule has 1 aliphatic rings. The minimum Gasteiger partial charge on any atom is -0.507 e. The molecule has 22 heavy (non-hydrogen) atoms. The Hall–Kier alpha value is -2.12. The number of nitrogens with zero attached hydrogens (tertiary/aromatic N) is 1. The molecular formula is C15H17N3O3S. The first-order valence-electron chi connectivity index (χ1n) is 6.99. The number of phenolic OH excluding ortho intramolecular Hbond substituents is 1. The lowest BCUT2D eigenvalue weighted by Gasteiger charge is -2.28. The number of ether oxygens (including phenoxy) is 1. The van der Waals surface area contributed by atoms with Crippen molar-refractivity contribution in [3.8, 4) is 11.5 Å². The molecular weight excluding hydrogens is 302 g/mol. The summed E-state index contributed by atoms with van der Waals surface area (Å²) in [5.41, 5.74) is 2.30. The van der Waals surface area contributed by atoms with Gasteiger partial charge in [-0.1, -0.05) is 6.07 Å². The van der Waals surface area contributed by atoms with Crippen LogP contribution in [-0.4, -0.2) is 33.6 Å². The van der Waals surface area contributed by atoms with Crippen molar-refractivity contribution in [3.05, 3.63) is 50.1 Å². The van der Waals surface area contributed by atoms with Crippen LogP contribution in [0.4, 0.5) is 0 Å². The second-order valence-corrected chi connectivity index (χ2v) is 5.73. The van der Waals surface area contributed by atoms with E-state index in [1.807, 2.05) is 12.1 Å². The van der Waals surface area contributed by atoms with Crippen molar-refractivity contribution in [1.82, 2.24) is 14.9 Å². The van der Waals surface area contributed by atoms with Crippen molar-refractivity contribution in [3.63, 3.8) is 0 Å². The van der Waals surface area contributed by atoms with Crippen LogP contribution in [0.2, 0.25) is 0 Å². The summed E-state index contributed by atoms with van der Waals surface area (Å²) < 4.78 is 5.45. The number of aromatic hydroxyl groups is 1. The fourth-order valence-electron chi connectivity index (χ4n) is 2.69. The molecule has 0 aliphatic carbocycles. The van der Waals surface area contributed by atoms with Crippen molar-refractivity contribution >= 4 is 12.2 Å². The molecule has 3 N–H and O–H groups in total. The van der Waals surface area contributed by atoms with Gasteiger partial charge in [-0.25, -0.2) is 0 Å². The molecule has 2 aromatic rings. The van der Waals surface area contributed by atoms with Crippen LogP contribution in [0.5, 0.6) is 11.5 Å². The fourth-order valence-corrected chi connectivity index (χ4v) is 2.91. The van der Waals surface area contributed by atoms with E-state index in [0.29, 0.717) is 29.2 Å². The van der Waals surface area contributed by atoms with E-state index >= 15 is 0 Å². The summed E-state index contributed by atoms with van der Waals surface area (Å²) in [7, 11) is 1.56. The lowest BCUT2D eigenvalue weighted by Crippen LogP contribution is -2.35. The molecule has 0 amide bonds. The van der Waals surface area contributed by atoms with E-state index in [4.69, 9.17) is 17.0 Å². The van der Waals surface area contributed by atoms with Crippen LogP contribution in [0, 0.1) is 4.77 Å². The third-order valence-corrected chi connectivity index (χ3v) is 4.08. The van der Waals surface area contributed by atoms with E-state index in [-0.39, 0.29) is 11.3 Å². The normalized spacial score (nSPS) is 14.6. The topological polar surface area (TPSA) is 81.3 Å². The highest BCUT2D eigenvalue weighted by molar-refractivity contribution is 7.71. The van der Waals surface area contributed by atoms with Gasteiger partial charge in [-0.2, -0.15) is 0 Å². The average molecular weight is 319 g/mol. The number of hydrogen-bond acceptors (Lipinski definition) is 5. The minimum atomic E-state index is -0.137. The number of aromatic nitrogens is 2. The summed E-state index contributed by atoms with van der Waals surface area (Å²) >= 11 is 4.99. The molecule has 0 saturated carbocycles. The van der Waals surface area contributed by atoms with Crippen LogP contribution in [0.15, 0.2) is 23.0 Å². The predicted molar refractivity (Wildman–Crippen MR) is 84.7 cm³/mol. The molecule has 0 atom stereocenters. The third-order valence-electron chi connectivity index (χ3n) is 3.88. The van der Waals surface area contributed by atoms with Crippen molar-refractivity contribution in [1.29, 1.82) is 0 Å². The summed E-state index contributed by atoms with van der Waals surface area (Å²) in [4.78, 5) is 19.8. The Morgan fingerprint density at radius 3 is 2.95 bits per heavy atom. The van der Waals surface area contributed by atoms with Crippen LogP contribution in [-0.2, 0) is 19.5 Å². The molecule has 1 aliphatic heterocycles. The Morgan fingerprint density at radius 2 is 2.23 bits per heavy atom. The number of phenols is 1. The van der Waals surface area contributed by atoms with Gasteiger partial charge in [0.25, 0.3) is 5.56 Å². The number of rotatable bonds is 3. The van der Waals surface area contributed by atoms with Crippen LogP contribution < -0.4 is 10.3 Å². The predicted octanol–water partition coefficient (Wildman–Crippen LogP) is 1.70. The van der Waals surface area contributed by atoms with Crippen LogP contribution in [0.3, 0.4) is 0 Å². The van der Waals surface area contributed by atoms with Gasteiger partial charge in [-0.15, -0.1) is 0 Å². The zero-order valence-electron chi connectivity index (χ0n) is 12.2. The summed E-state index contributed by atoms with van der Waals surface area (Å²) in [5, 5.41) is 10.0. The molecule has 1 aromatic carbocycles. The average Bonchev–Trinajstić information content (AvgIpc) is 2.49. The number of hydrogen-bond donors (Lipinski definition) is 3. The summed E-state index contributed by atoms with van der Waals surface area (Å²) in [6, 6.07) is 5.25. The van der Waals surface area contributed by atoms with Crippen LogP contribution in [0.1, 0.15) is 16.8 Å². The van der Waals surface area contributed by atoms with E-state index in [1.54, 1.807) is 13.2 Å². The van der Waals surface area contributed by atoms with Gasteiger partial charge in [-0.3, -0.25) is 14.7 Å². The molecule has 1 aromatic heterocycles. The van der Waals surface area contributed by atoms with Gasteiger partial charge in [0, 0.05) is 43.4 Å². The van der Waals surface area contributed by atoms with Gasteiger partial charge in [0.05, 0.1) is 12.7 Å². The molecule has 0 spiro atoms. The zero-order chi connectivity index (χ0) is 15.7. The largest absolute Gasteiger partial charge is 0.507 e. The van der Waals surface area contributed by atoms with Crippen molar-refractivity contribution in [2.24, 2.45) is 0 Å². The molecule has 0 saturated heterocycles. The number of methoxy groups -OCH3 is 1. The zero-order valence-corrected chi connectivity index (χ0v) is 13.0. The number of aromatic amines is 2. The van der Waals surface area contributed by atoms with Crippen molar-refractivity contribution in [2.75, 3.05) is 13.7 Å². The van der Waals surface area contributed by atoms with Crippen LogP contribution in [0.25, 0.3) is 0 Å². The number of H-pyrrole nitrogens is 2. The Kier molecular flexibility index (Phi) is 4.00. The number of nitrogens with one attached hydrogen (secondary N) is 2. The molecule has 7 heteroatoms. The van der Waals surface area contributed by atoms with E-state index in [9.17, 15) is 9.90 Å². The molecule has 0 fully saturated rings. The van der Waals surface area contributed by atoms with Crippen molar-refractivity contribution < 1.29 is 9.84 Å². The van der Waals surface area contributed by atoms with Gasteiger partial charge in [0.2, 0.25) is 0 Å². The lowest BCUT2D eigenvalue weighted by molar-refractivity contribution is 0.238. The van der Waals surface area contributed by atoms with Gasteiger partial charge in [-0.05, 0) is 18.3 Å². The second kappa shape index (κ2) is 5.94. The Balaban J connectivity index is 1.81. The summed E-state index contributed by atoms with van der Waals surface area (Å²) in [6.07, 6.45) is 0.736. The van der Waals surface area contributed by atoms with E-state index < -0.39 is 0 Å². The molecule has 6 nitrogen and oxygen atoms in total. The van der Waals surface area contributed by atoms with E-state index in [0.717, 1.165) is 24.2 Å². The van der Waals surface area contributed by atoms with Crippen LogP contribution >= 0.6 is 12.2 Å².